The van der Waals surface area contributed by atoms with Gasteiger partial charge in [0.2, 0.25) is 5.91 Å². The molecule has 3 aliphatic heterocycles. The maximum Gasteiger partial charge on any atom is 0.269 e. The Balaban J connectivity index is 1.58. The number of carbonyl (C=O) groups excluding carboxylic acids is 2. The van der Waals surface area contributed by atoms with E-state index in [0.717, 1.165) is 18.5 Å². The Labute approximate surface area is 167 Å². The van der Waals surface area contributed by atoms with Crippen molar-refractivity contribution in [3.63, 3.8) is 0 Å². The summed E-state index contributed by atoms with van der Waals surface area (Å²) in [4.78, 5) is 38.9. The second-order valence-corrected chi connectivity index (χ2v) is 7.79. The highest BCUT2D eigenvalue weighted by molar-refractivity contribution is 6.24. The van der Waals surface area contributed by atoms with Gasteiger partial charge in [-0.1, -0.05) is 29.8 Å². The number of anilines is 1. The first-order valence-electron chi connectivity index (χ1n) is 9.69. The molecule has 0 aliphatic carbocycles. The number of carbonyl (C=O) groups is 2. The quantitative estimate of drug-likeness (QED) is 0.453. The van der Waals surface area contributed by atoms with Crippen LogP contribution in [0.3, 0.4) is 0 Å². The third-order valence-electron chi connectivity index (χ3n) is 6.12. The van der Waals surface area contributed by atoms with Crippen LogP contribution in [0.1, 0.15) is 23.6 Å². The van der Waals surface area contributed by atoms with Crippen LogP contribution >= 0.6 is 0 Å². The number of nitro benzene ring substituents is 1. The summed E-state index contributed by atoms with van der Waals surface area (Å²) in [5.41, 5.74) is 2.31. The normalized spacial score (nSPS) is 26.8. The second kappa shape index (κ2) is 6.47. The van der Waals surface area contributed by atoms with Gasteiger partial charge in [0.05, 0.1) is 22.6 Å². The third-order valence-corrected chi connectivity index (χ3v) is 6.12. The van der Waals surface area contributed by atoms with Crippen molar-refractivity contribution in [3.05, 3.63) is 69.8 Å². The Kier molecular flexibility index (Phi) is 4.01. The van der Waals surface area contributed by atoms with Gasteiger partial charge < -0.3 is 0 Å². The number of nitro groups is 1. The molecule has 3 atom stereocenters. The van der Waals surface area contributed by atoms with E-state index in [-0.39, 0.29) is 23.5 Å². The van der Waals surface area contributed by atoms with Gasteiger partial charge >= 0.3 is 0 Å². The highest BCUT2D eigenvalue weighted by Gasteiger charge is 2.62. The number of hydrogen-bond donors (Lipinski definition) is 0. The molecule has 0 N–H and O–H groups in total. The minimum Gasteiger partial charge on any atom is -0.274 e. The Bertz CT molecular complexity index is 1020. The van der Waals surface area contributed by atoms with Gasteiger partial charge in [-0.3, -0.25) is 19.7 Å². The van der Waals surface area contributed by atoms with Crippen LogP contribution in [0.4, 0.5) is 11.4 Å². The van der Waals surface area contributed by atoms with Crippen molar-refractivity contribution in [2.75, 3.05) is 18.0 Å². The van der Waals surface area contributed by atoms with E-state index in [2.05, 4.69) is 5.01 Å². The molecule has 29 heavy (non-hydrogen) atoms. The van der Waals surface area contributed by atoms with Crippen molar-refractivity contribution in [1.82, 2.24) is 10.0 Å². The van der Waals surface area contributed by atoms with Crippen LogP contribution in [-0.2, 0) is 9.59 Å². The average molecular weight is 392 g/mol. The van der Waals surface area contributed by atoms with Gasteiger partial charge in [-0.05, 0) is 31.0 Å². The van der Waals surface area contributed by atoms with Crippen LogP contribution in [0, 0.1) is 23.0 Å². The minimum absolute atomic E-state index is 0.0103. The third kappa shape index (κ3) is 2.60. The summed E-state index contributed by atoms with van der Waals surface area (Å²) >= 11 is 0. The Morgan fingerprint density at radius 1 is 0.966 bits per heavy atom. The molecule has 3 aliphatic rings. The molecular weight excluding hydrogens is 372 g/mol. The Hall–Kier alpha value is -3.10. The van der Waals surface area contributed by atoms with Crippen LogP contribution in [0.5, 0.6) is 0 Å². The summed E-state index contributed by atoms with van der Waals surface area (Å²) in [6.07, 6.45) is 0.890. The molecule has 148 valence electrons. The fraction of sp³-hybridized carbons (Fsp3) is 0.333. The second-order valence-electron chi connectivity index (χ2n) is 7.79. The Morgan fingerprint density at radius 3 is 2.34 bits per heavy atom. The van der Waals surface area contributed by atoms with E-state index in [1.54, 1.807) is 18.2 Å². The summed E-state index contributed by atoms with van der Waals surface area (Å²) in [7, 11) is 0. The number of amides is 2. The van der Waals surface area contributed by atoms with Crippen molar-refractivity contribution in [2.24, 2.45) is 5.92 Å². The van der Waals surface area contributed by atoms with Crippen molar-refractivity contribution in [1.29, 1.82) is 0 Å². The van der Waals surface area contributed by atoms with Crippen molar-refractivity contribution in [2.45, 2.75) is 25.4 Å². The molecule has 2 aromatic rings. The van der Waals surface area contributed by atoms with Crippen molar-refractivity contribution in [3.8, 4) is 0 Å². The molecule has 0 aromatic heterocycles. The zero-order valence-corrected chi connectivity index (χ0v) is 15.9. The lowest BCUT2D eigenvalue weighted by molar-refractivity contribution is -0.385. The number of nitrogens with zero attached hydrogens (tertiary/aromatic N) is 4. The van der Waals surface area contributed by atoms with Crippen molar-refractivity contribution < 1.29 is 14.5 Å². The molecule has 8 nitrogen and oxygen atoms in total. The van der Waals surface area contributed by atoms with Gasteiger partial charge in [0, 0.05) is 25.2 Å². The molecule has 0 radical (unpaired) electrons. The molecule has 2 amide bonds. The standard InChI is InChI=1S/C21H20N4O4/c1-13-6-8-15(9-7-13)24-20(26)17-18(14-4-2-5-16(12-14)25(28)29)22-10-3-11-23(22)19(17)21(24)27/h2,4-9,12,17-19H,3,10-11H2,1H3. The Morgan fingerprint density at radius 2 is 1.66 bits per heavy atom. The molecule has 0 spiro atoms. The number of fused-ring (bicyclic) bond motifs is 3. The average Bonchev–Trinajstić information content (AvgIpc) is 3.35. The number of aryl methyl sites for hydroxylation is 1. The highest BCUT2D eigenvalue weighted by atomic mass is 16.6. The molecule has 3 unspecified atom stereocenters. The molecule has 0 bridgehead atoms. The number of hydrazine groups is 1. The molecule has 3 heterocycles. The molecule has 8 heteroatoms. The first-order chi connectivity index (χ1) is 14.0. The smallest absolute Gasteiger partial charge is 0.269 e. The predicted molar refractivity (Wildman–Crippen MR) is 105 cm³/mol. The summed E-state index contributed by atoms with van der Waals surface area (Å²) in [6.45, 7) is 3.38. The monoisotopic (exact) mass is 392 g/mol. The summed E-state index contributed by atoms with van der Waals surface area (Å²) in [5, 5.41) is 15.3. The van der Waals surface area contributed by atoms with E-state index in [0.29, 0.717) is 17.8 Å². The van der Waals surface area contributed by atoms with E-state index < -0.39 is 16.9 Å². The first kappa shape index (κ1) is 18.0. The van der Waals surface area contributed by atoms with E-state index in [4.69, 9.17) is 0 Å². The maximum absolute atomic E-state index is 13.4. The topological polar surface area (TPSA) is 87.0 Å². The fourth-order valence-electron chi connectivity index (χ4n) is 4.88. The number of benzene rings is 2. The molecule has 3 saturated heterocycles. The zero-order chi connectivity index (χ0) is 20.3. The summed E-state index contributed by atoms with van der Waals surface area (Å²) in [5.74, 6) is -1.04. The zero-order valence-electron chi connectivity index (χ0n) is 15.9. The van der Waals surface area contributed by atoms with Gasteiger partial charge in [0.15, 0.2) is 0 Å². The number of imide groups is 1. The number of non-ortho nitro benzene ring substituents is 1. The fourth-order valence-corrected chi connectivity index (χ4v) is 4.88. The lowest BCUT2D eigenvalue weighted by Gasteiger charge is -2.29. The van der Waals surface area contributed by atoms with Gasteiger partial charge in [0.25, 0.3) is 11.6 Å². The molecular formula is C21H20N4O4. The van der Waals surface area contributed by atoms with Crippen LogP contribution in [0.2, 0.25) is 0 Å². The molecule has 2 aromatic carbocycles. The van der Waals surface area contributed by atoms with Crippen LogP contribution in [0.25, 0.3) is 0 Å². The van der Waals surface area contributed by atoms with E-state index in [1.807, 2.05) is 30.1 Å². The molecule has 0 saturated carbocycles. The van der Waals surface area contributed by atoms with Gasteiger partial charge in [-0.25, -0.2) is 14.9 Å². The van der Waals surface area contributed by atoms with Crippen LogP contribution in [-0.4, -0.2) is 45.9 Å². The SMILES string of the molecule is Cc1ccc(N2C(=O)C3C(C2=O)N2CCCN2C3c2cccc([N+](=O)[O-])c2)cc1. The molecule has 5 rings (SSSR count). The largest absolute Gasteiger partial charge is 0.274 e. The number of hydrogen-bond acceptors (Lipinski definition) is 6. The van der Waals surface area contributed by atoms with Crippen molar-refractivity contribution >= 4 is 23.2 Å². The van der Waals surface area contributed by atoms with Gasteiger partial charge in [0.1, 0.15) is 6.04 Å². The maximum atomic E-state index is 13.4. The highest BCUT2D eigenvalue weighted by Crippen LogP contribution is 2.49. The lowest BCUT2D eigenvalue weighted by atomic mass is 9.89. The van der Waals surface area contributed by atoms with Crippen LogP contribution in [0.15, 0.2) is 48.5 Å². The van der Waals surface area contributed by atoms with E-state index in [9.17, 15) is 19.7 Å². The first-order valence-corrected chi connectivity index (χ1v) is 9.69. The van der Waals surface area contributed by atoms with Crippen LogP contribution < -0.4 is 4.90 Å². The van der Waals surface area contributed by atoms with E-state index >= 15 is 0 Å². The predicted octanol–water partition coefficient (Wildman–Crippen LogP) is 2.44. The summed E-state index contributed by atoms with van der Waals surface area (Å²) < 4.78 is 0. The van der Waals surface area contributed by atoms with E-state index in [1.165, 1.54) is 17.0 Å². The van der Waals surface area contributed by atoms with Gasteiger partial charge in [-0.15, -0.1) is 0 Å². The lowest BCUT2D eigenvalue weighted by Crippen LogP contribution is -2.44. The number of rotatable bonds is 3. The summed E-state index contributed by atoms with van der Waals surface area (Å²) in [6, 6.07) is 12.8. The molecule has 3 fully saturated rings. The van der Waals surface area contributed by atoms with Gasteiger partial charge in [-0.2, -0.15) is 0 Å². The minimum atomic E-state index is -0.578.